The number of hydrogen-bond acceptors (Lipinski definition) is 2. The first kappa shape index (κ1) is 19.3. The van der Waals surface area contributed by atoms with Crippen LogP contribution < -0.4 is 5.30 Å². The lowest BCUT2D eigenvalue weighted by Crippen LogP contribution is -2.17. The monoisotopic (exact) mass is 376 g/mol. The minimum absolute atomic E-state index is 0.239. The lowest BCUT2D eigenvalue weighted by atomic mass is 9.95. The molecule has 0 aromatic heterocycles. The highest BCUT2D eigenvalue weighted by Gasteiger charge is 2.36. The van der Waals surface area contributed by atoms with Gasteiger partial charge in [0.05, 0.1) is 0 Å². The van der Waals surface area contributed by atoms with Crippen molar-refractivity contribution in [3.8, 4) is 0 Å². The van der Waals surface area contributed by atoms with Crippen molar-refractivity contribution >= 4 is 18.0 Å². The molecule has 0 N–H and O–H groups in total. The molecular weight excluding hydrogens is 351 g/mol. The average molecular weight is 376 g/mol. The molecule has 1 unspecified atom stereocenters. The Morgan fingerprint density at radius 2 is 1.33 bits per heavy atom. The average Bonchev–Trinajstić information content (AvgIpc) is 2.67. The summed E-state index contributed by atoms with van der Waals surface area (Å²) in [5.41, 5.74) is 5.35. The van der Waals surface area contributed by atoms with Crippen molar-refractivity contribution in [2.45, 2.75) is 33.9 Å². The van der Waals surface area contributed by atoms with Crippen LogP contribution in [0.15, 0.2) is 66.7 Å². The van der Waals surface area contributed by atoms with E-state index in [2.05, 4.69) is 0 Å². The first-order chi connectivity index (χ1) is 12.8. The van der Waals surface area contributed by atoms with Crippen LogP contribution in [0, 0.1) is 27.7 Å². The molecule has 1 atom stereocenters. The van der Waals surface area contributed by atoms with Gasteiger partial charge in [0, 0.05) is 17.0 Å². The van der Waals surface area contributed by atoms with Gasteiger partial charge in [0.2, 0.25) is 5.52 Å². The Morgan fingerprint density at radius 3 is 1.93 bits per heavy atom. The van der Waals surface area contributed by atoms with Gasteiger partial charge >= 0.3 is 0 Å². The van der Waals surface area contributed by atoms with Gasteiger partial charge < -0.3 is 4.57 Å². The lowest BCUT2D eigenvalue weighted by molar-refractivity contribution is 0.107. The molecule has 0 amide bonds. The SMILES string of the molecule is Cc1cc(C)c(C(=O)P(=O)(Cc2ccccc2)c2ccccc2)c(C)c1C. The van der Waals surface area contributed by atoms with Crippen LogP contribution >= 0.6 is 7.14 Å². The second kappa shape index (κ2) is 7.66. The van der Waals surface area contributed by atoms with Crippen LogP contribution in [0.5, 0.6) is 0 Å². The summed E-state index contributed by atoms with van der Waals surface area (Å²) in [5.74, 6) is 0. The van der Waals surface area contributed by atoms with Crippen LogP contribution in [0.2, 0.25) is 0 Å². The molecule has 3 rings (SSSR count). The zero-order chi connectivity index (χ0) is 19.6. The summed E-state index contributed by atoms with van der Waals surface area (Å²) < 4.78 is 14.2. The summed E-state index contributed by atoms with van der Waals surface area (Å²) >= 11 is 0. The zero-order valence-corrected chi connectivity index (χ0v) is 17.2. The maximum absolute atomic E-state index is 14.2. The summed E-state index contributed by atoms with van der Waals surface area (Å²) in [6.07, 6.45) is 0.239. The van der Waals surface area contributed by atoms with E-state index in [9.17, 15) is 9.36 Å². The van der Waals surface area contributed by atoms with Crippen LogP contribution in [0.1, 0.15) is 38.2 Å². The second-order valence-corrected chi connectivity index (χ2v) is 9.88. The van der Waals surface area contributed by atoms with Gasteiger partial charge in [-0.05, 0) is 55.5 Å². The molecule has 138 valence electrons. The number of carbonyl (C=O) groups is 1. The predicted octanol–water partition coefficient (Wildman–Crippen LogP) is 5.95. The van der Waals surface area contributed by atoms with E-state index >= 15 is 0 Å². The molecule has 27 heavy (non-hydrogen) atoms. The zero-order valence-electron chi connectivity index (χ0n) is 16.3. The Bertz CT molecular complexity index is 1020. The highest BCUT2D eigenvalue weighted by Crippen LogP contribution is 2.52. The third-order valence-electron chi connectivity index (χ3n) is 5.32. The minimum Gasteiger partial charge on any atom is -0.310 e. The summed E-state index contributed by atoms with van der Waals surface area (Å²) in [4.78, 5) is 13.7. The summed E-state index contributed by atoms with van der Waals surface area (Å²) in [5, 5.41) is 0.621. The van der Waals surface area contributed by atoms with E-state index in [1.165, 1.54) is 0 Å². The van der Waals surface area contributed by atoms with E-state index in [4.69, 9.17) is 0 Å². The fraction of sp³-hybridized carbons (Fsp3) is 0.208. The molecule has 0 saturated carbocycles. The van der Waals surface area contributed by atoms with Crippen LogP contribution in [0.3, 0.4) is 0 Å². The van der Waals surface area contributed by atoms with E-state index in [0.717, 1.165) is 27.8 Å². The number of hydrogen-bond donors (Lipinski definition) is 0. The molecule has 0 fully saturated rings. The fourth-order valence-corrected chi connectivity index (χ4v) is 6.23. The van der Waals surface area contributed by atoms with Gasteiger partial charge in [-0.15, -0.1) is 0 Å². The van der Waals surface area contributed by atoms with Crippen molar-refractivity contribution in [1.29, 1.82) is 0 Å². The smallest absolute Gasteiger partial charge is 0.226 e. The van der Waals surface area contributed by atoms with Gasteiger partial charge in [-0.3, -0.25) is 4.79 Å². The van der Waals surface area contributed by atoms with E-state index < -0.39 is 7.14 Å². The Balaban J connectivity index is 2.19. The molecule has 3 aromatic carbocycles. The Labute approximate surface area is 161 Å². The van der Waals surface area contributed by atoms with E-state index in [-0.39, 0.29) is 11.7 Å². The molecule has 0 aliphatic carbocycles. The van der Waals surface area contributed by atoms with Gasteiger partial charge in [-0.2, -0.15) is 0 Å². The van der Waals surface area contributed by atoms with Crippen LogP contribution in [0.4, 0.5) is 0 Å². The normalized spacial score (nSPS) is 13.2. The number of carbonyl (C=O) groups excluding carboxylic acids is 1. The van der Waals surface area contributed by atoms with Crippen molar-refractivity contribution in [3.63, 3.8) is 0 Å². The van der Waals surface area contributed by atoms with Crippen molar-refractivity contribution in [2.24, 2.45) is 0 Å². The van der Waals surface area contributed by atoms with Gasteiger partial charge in [0.15, 0.2) is 7.14 Å². The van der Waals surface area contributed by atoms with Gasteiger partial charge in [0.25, 0.3) is 0 Å². The highest BCUT2D eigenvalue weighted by molar-refractivity contribution is 7.86. The first-order valence-electron chi connectivity index (χ1n) is 9.15. The number of benzene rings is 3. The maximum atomic E-state index is 14.2. The third-order valence-corrected chi connectivity index (χ3v) is 8.14. The molecule has 3 aromatic rings. The summed E-state index contributed by atoms with van der Waals surface area (Å²) in [7, 11) is -3.33. The molecule has 2 nitrogen and oxygen atoms in total. The number of aryl methyl sites for hydroxylation is 2. The molecule has 0 radical (unpaired) electrons. The molecule has 0 bridgehead atoms. The topological polar surface area (TPSA) is 34.1 Å². The summed E-state index contributed by atoms with van der Waals surface area (Å²) in [6, 6.07) is 20.9. The van der Waals surface area contributed by atoms with Crippen molar-refractivity contribution in [2.75, 3.05) is 0 Å². The Hall–Kier alpha value is -2.44. The quantitative estimate of drug-likeness (QED) is 0.516. The van der Waals surface area contributed by atoms with E-state index in [0.29, 0.717) is 10.9 Å². The maximum Gasteiger partial charge on any atom is 0.226 e. The van der Waals surface area contributed by atoms with Gasteiger partial charge in [0.1, 0.15) is 0 Å². The molecule has 3 heteroatoms. The molecule has 0 saturated heterocycles. The van der Waals surface area contributed by atoms with E-state index in [1.54, 1.807) is 0 Å². The molecule has 0 heterocycles. The first-order valence-corrected chi connectivity index (χ1v) is 11.0. The molecule has 0 spiro atoms. The van der Waals surface area contributed by atoms with Gasteiger partial charge in [-0.25, -0.2) is 0 Å². The standard InChI is InChI=1S/C24H25O2P/c1-17-15-18(2)23(20(4)19(17)3)24(25)27(26,22-13-9-6-10-14-22)16-21-11-7-5-8-12-21/h5-15H,16H2,1-4H3. The number of rotatable bonds is 5. The molecule has 0 aliphatic rings. The minimum atomic E-state index is -3.33. The van der Waals surface area contributed by atoms with E-state index in [1.807, 2.05) is 94.4 Å². The predicted molar refractivity (Wildman–Crippen MR) is 114 cm³/mol. The fourth-order valence-electron chi connectivity index (χ4n) is 3.58. The lowest BCUT2D eigenvalue weighted by Gasteiger charge is -2.21. The Kier molecular flexibility index (Phi) is 5.48. The van der Waals surface area contributed by atoms with Crippen molar-refractivity contribution in [1.82, 2.24) is 0 Å². The van der Waals surface area contributed by atoms with Gasteiger partial charge in [-0.1, -0.05) is 66.7 Å². The third kappa shape index (κ3) is 3.68. The van der Waals surface area contributed by atoms with Crippen molar-refractivity contribution < 1.29 is 9.36 Å². The Morgan fingerprint density at radius 1 is 0.778 bits per heavy atom. The van der Waals surface area contributed by atoms with Crippen LogP contribution in [0.25, 0.3) is 0 Å². The second-order valence-electron chi connectivity index (χ2n) is 7.16. The molecule has 0 aliphatic heterocycles. The van der Waals surface area contributed by atoms with Crippen LogP contribution in [-0.2, 0) is 10.7 Å². The largest absolute Gasteiger partial charge is 0.310 e. The summed E-state index contributed by atoms with van der Waals surface area (Å²) in [6.45, 7) is 7.96. The van der Waals surface area contributed by atoms with Crippen molar-refractivity contribution in [3.05, 3.63) is 100 Å². The highest BCUT2D eigenvalue weighted by atomic mass is 31.2. The van der Waals surface area contributed by atoms with Crippen LogP contribution in [-0.4, -0.2) is 5.52 Å². The molecular formula is C24H25O2P.